The molecule has 23 heavy (non-hydrogen) atoms. The van der Waals surface area contributed by atoms with Crippen molar-refractivity contribution < 1.29 is 4.79 Å². The van der Waals surface area contributed by atoms with Gasteiger partial charge < -0.3 is 10.6 Å². The Morgan fingerprint density at radius 2 is 1.87 bits per heavy atom. The predicted molar refractivity (Wildman–Crippen MR) is 93.4 cm³/mol. The number of rotatable bonds is 5. The quantitative estimate of drug-likeness (QED) is 0.863. The third-order valence-electron chi connectivity index (χ3n) is 3.54. The summed E-state index contributed by atoms with van der Waals surface area (Å²) < 4.78 is 0. The normalized spacial score (nSPS) is 11.2. The summed E-state index contributed by atoms with van der Waals surface area (Å²) in [5.41, 5.74) is 1.16. The van der Waals surface area contributed by atoms with Crippen molar-refractivity contribution in [1.82, 2.24) is 15.5 Å². The third kappa shape index (κ3) is 4.33. The molecule has 1 amide bonds. The average Bonchev–Trinajstić information content (AvgIpc) is 2.55. The van der Waals surface area contributed by atoms with Crippen molar-refractivity contribution in [2.24, 2.45) is 0 Å². The predicted octanol–water partition coefficient (Wildman–Crippen LogP) is 3.53. The number of aromatic nitrogens is 2. The zero-order chi connectivity index (χ0) is 17.0. The lowest BCUT2D eigenvalue weighted by Crippen LogP contribution is -2.28. The minimum atomic E-state index is -0.264. The highest BCUT2D eigenvalue weighted by molar-refractivity contribution is 6.42. The summed E-state index contributed by atoms with van der Waals surface area (Å²) in [5, 5.41) is 14.7. The Morgan fingerprint density at radius 1 is 1.13 bits per heavy atom. The van der Waals surface area contributed by atoms with Crippen LogP contribution in [0.3, 0.4) is 0 Å². The van der Waals surface area contributed by atoms with Gasteiger partial charge in [-0.05, 0) is 29.8 Å². The van der Waals surface area contributed by atoms with Crippen LogP contribution in [-0.4, -0.2) is 29.7 Å². The molecule has 122 valence electrons. The summed E-state index contributed by atoms with van der Waals surface area (Å²) in [7, 11) is 1.55. The van der Waals surface area contributed by atoms with E-state index in [-0.39, 0.29) is 17.0 Å². The topological polar surface area (TPSA) is 66.9 Å². The maximum atomic E-state index is 11.4. The second kappa shape index (κ2) is 7.15. The Hall–Kier alpha value is -1.85. The first-order valence-corrected chi connectivity index (χ1v) is 7.84. The standard InChI is InChI=1S/C16H18Cl2N4O/c1-16(2,10-4-5-11(17)12(18)8-10)9-20-14-7-6-13(21-22-14)15(23)19-3/h4-8H,9H2,1-3H3,(H,19,23)(H,20,22). The van der Waals surface area contributed by atoms with E-state index in [0.29, 0.717) is 22.4 Å². The summed E-state index contributed by atoms with van der Waals surface area (Å²) >= 11 is 12.0. The number of hydrogen-bond acceptors (Lipinski definition) is 4. The Bertz CT molecular complexity index is 702. The van der Waals surface area contributed by atoms with Crippen molar-refractivity contribution in [1.29, 1.82) is 0 Å². The zero-order valence-electron chi connectivity index (χ0n) is 13.2. The van der Waals surface area contributed by atoms with Gasteiger partial charge in [-0.2, -0.15) is 0 Å². The molecule has 0 saturated carbocycles. The number of amides is 1. The number of nitrogens with one attached hydrogen (secondary N) is 2. The highest BCUT2D eigenvalue weighted by atomic mass is 35.5. The highest BCUT2D eigenvalue weighted by Crippen LogP contribution is 2.30. The Labute approximate surface area is 145 Å². The van der Waals surface area contributed by atoms with Gasteiger partial charge in [-0.3, -0.25) is 4.79 Å². The molecule has 1 aromatic carbocycles. The van der Waals surface area contributed by atoms with Crippen LogP contribution in [0.2, 0.25) is 10.0 Å². The van der Waals surface area contributed by atoms with Gasteiger partial charge in [0.05, 0.1) is 10.0 Å². The molecule has 0 aliphatic rings. The molecule has 0 aliphatic carbocycles. The van der Waals surface area contributed by atoms with E-state index in [0.717, 1.165) is 5.56 Å². The molecule has 0 aliphatic heterocycles. The fraction of sp³-hybridized carbons (Fsp3) is 0.312. The van der Waals surface area contributed by atoms with E-state index in [9.17, 15) is 4.79 Å². The van der Waals surface area contributed by atoms with Crippen molar-refractivity contribution in [3.05, 3.63) is 51.6 Å². The van der Waals surface area contributed by atoms with E-state index in [1.54, 1.807) is 25.2 Å². The minimum Gasteiger partial charge on any atom is -0.368 e. The van der Waals surface area contributed by atoms with Crippen LogP contribution in [0.5, 0.6) is 0 Å². The molecule has 7 heteroatoms. The molecular formula is C16H18Cl2N4O. The molecule has 0 unspecified atom stereocenters. The molecule has 0 spiro atoms. The monoisotopic (exact) mass is 352 g/mol. The SMILES string of the molecule is CNC(=O)c1ccc(NCC(C)(C)c2ccc(Cl)c(Cl)c2)nn1. The second-order valence-electron chi connectivity index (χ2n) is 5.75. The number of hydrogen-bond donors (Lipinski definition) is 2. The summed E-state index contributed by atoms with van der Waals surface area (Å²) in [6.07, 6.45) is 0. The van der Waals surface area contributed by atoms with E-state index < -0.39 is 0 Å². The molecule has 0 saturated heterocycles. The average molecular weight is 353 g/mol. The first-order valence-electron chi connectivity index (χ1n) is 7.09. The number of benzene rings is 1. The number of anilines is 1. The van der Waals surface area contributed by atoms with Crippen LogP contribution in [0.25, 0.3) is 0 Å². The van der Waals surface area contributed by atoms with Crippen LogP contribution in [0.1, 0.15) is 29.9 Å². The van der Waals surface area contributed by atoms with Crippen LogP contribution >= 0.6 is 23.2 Å². The first-order chi connectivity index (χ1) is 10.8. The first kappa shape index (κ1) is 17.5. The van der Waals surface area contributed by atoms with Gasteiger partial charge >= 0.3 is 0 Å². The lowest BCUT2D eigenvalue weighted by molar-refractivity contribution is 0.0957. The number of halogens is 2. The zero-order valence-corrected chi connectivity index (χ0v) is 14.7. The third-order valence-corrected chi connectivity index (χ3v) is 4.28. The Balaban J connectivity index is 2.06. The lowest BCUT2D eigenvalue weighted by Gasteiger charge is -2.26. The van der Waals surface area contributed by atoms with Crippen molar-refractivity contribution in [2.75, 3.05) is 18.9 Å². The van der Waals surface area contributed by atoms with Crippen LogP contribution in [0, 0.1) is 0 Å². The Morgan fingerprint density at radius 3 is 2.43 bits per heavy atom. The molecule has 1 aromatic heterocycles. The van der Waals surface area contributed by atoms with E-state index in [1.165, 1.54) is 0 Å². The molecule has 0 radical (unpaired) electrons. The smallest absolute Gasteiger partial charge is 0.271 e. The highest BCUT2D eigenvalue weighted by Gasteiger charge is 2.21. The maximum absolute atomic E-state index is 11.4. The van der Waals surface area contributed by atoms with E-state index in [1.807, 2.05) is 12.1 Å². The molecule has 2 aromatic rings. The number of carbonyl (C=O) groups excluding carboxylic acids is 1. The fourth-order valence-electron chi connectivity index (χ4n) is 2.01. The van der Waals surface area contributed by atoms with Crippen LogP contribution < -0.4 is 10.6 Å². The van der Waals surface area contributed by atoms with Crippen molar-refractivity contribution >= 4 is 34.9 Å². The molecule has 2 rings (SSSR count). The summed E-state index contributed by atoms with van der Waals surface area (Å²) in [6, 6.07) is 8.96. The van der Waals surface area contributed by atoms with Gasteiger partial charge in [-0.15, -0.1) is 10.2 Å². The van der Waals surface area contributed by atoms with Crippen LogP contribution in [0.4, 0.5) is 5.82 Å². The largest absolute Gasteiger partial charge is 0.368 e. The molecule has 2 N–H and O–H groups in total. The van der Waals surface area contributed by atoms with E-state index in [2.05, 4.69) is 34.7 Å². The van der Waals surface area contributed by atoms with Gasteiger partial charge in [-0.25, -0.2) is 0 Å². The van der Waals surface area contributed by atoms with Crippen LogP contribution in [0.15, 0.2) is 30.3 Å². The Kier molecular flexibility index (Phi) is 5.44. The van der Waals surface area contributed by atoms with Crippen molar-refractivity contribution in [3.63, 3.8) is 0 Å². The molecule has 1 heterocycles. The molecule has 0 atom stereocenters. The van der Waals surface area contributed by atoms with Gasteiger partial charge in [0, 0.05) is 19.0 Å². The summed E-state index contributed by atoms with van der Waals surface area (Å²) in [4.78, 5) is 11.4. The lowest BCUT2D eigenvalue weighted by atomic mass is 9.84. The second-order valence-corrected chi connectivity index (χ2v) is 6.56. The van der Waals surface area contributed by atoms with E-state index in [4.69, 9.17) is 23.2 Å². The summed E-state index contributed by atoms with van der Waals surface area (Å²) in [5.74, 6) is 0.339. The van der Waals surface area contributed by atoms with Crippen molar-refractivity contribution in [3.8, 4) is 0 Å². The van der Waals surface area contributed by atoms with Gasteiger partial charge in [0.25, 0.3) is 5.91 Å². The van der Waals surface area contributed by atoms with Gasteiger partial charge in [0.2, 0.25) is 0 Å². The maximum Gasteiger partial charge on any atom is 0.271 e. The molecule has 5 nitrogen and oxygen atoms in total. The summed E-state index contributed by atoms with van der Waals surface area (Å²) in [6.45, 7) is 4.80. The minimum absolute atomic E-state index is 0.185. The van der Waals surface area contributed by atoms with Gasteiger partial charge in [0.15, 0.2) is 5.69 Å². The van der Waals surface area contributed by atoms with Gasteiger partial charge in [-0.1, -0.05) is 43.1 Å². The molecule has 0 bridgehead atoms. The van der Waals surface area contributed by atoms with E-state index >= 15 is 0 Å². The molecule has 0 fully saturated rings. The fourth-order valence-corrected chi connectivity index (χ4v) is 2.30. The number of carbonyl (C=O) groups is 1. The molecular weight excluding hydrogens is 335 g/mol. The van der Waals surface area contributed by atoms with Crippen LogP contribution in [-0.2, 0) is 5.41 Å². The van der Waals surface area contributed by atoms with Gasteiger partial charge in [0.1, 0.15) is 5.82 Å². The number of nitrogens with zero attached hydrogens (tertiary/aromatic N) is 2. The van der Waals surface area contributed by atoms with Crippen molar-refractivity contribution in [2.45, 2.75) is 19.3 Å².